The van der Waals surface area contributed by atoms with E-state index in [0.29, 0.717) is 17.3 Å². The van der Waals surface area contributed by atoms with E-state index in [0.717, 1.165) is 16.5 Å². The van der Waals surface area contributed by atoms with Crippen LogP contribution in [0, 0.1) is 11.3 Å². The van der Waals surface area contributed by atoms with Crippen LogP contribution in [0.4, 0.5) is 5.82 Å². The lowest BCUT2D eigenvalue weighted by Gasteiger charge is -2.17. The van der Waals surface area contributed by atoms with Crippen molar-refractivity contribution in [2.24, 2.45) is 0 Å². The lowest BCUT2D eigenvalue weighted by molar-refractivity contribution is 0.273. The molecule has 0 aliphatic carbocycles. The fraction of sp³-hybridized carbons (Fsp3) is 0.176. The van der Waals surface area contributed by atoms with E-state index in [9.17, 15) is 5.11 Å². The number of halogens is 1. The predicted octanol–water partition coefficient (Wildman–Crippen LogP) is 3.10. The molecule has 0 amide bonds. The highest BCUT2D eigenvalue weighted by Gasteiger charge is 2.13. The van der Waals surface area contributed by atoms with Gasteiger partial charge in [0.05, 0.1) is 17.7 Å². The Morgan fingerprint density at radius 1 is 1.30 bits per heavy atom. The number of anilines is 1. The first-order valence-corrected chi connectivity index (χ1v) is 7.58. The zero-order chi connectivity index (χ0) is 16.2. The fourth-order valence-electron chi connectivity index (χ4n) is 2.54. The summed E-state index contributed by atoms with van der Waals surface area (Å²) >= 11 is 5.88. The first-order chi connectivity index (χ1) is 11.2. The molecule has 0 bridgehead atoms. The SMILES string of the molecule is N#Cc1nc(N[C@H](CO)Cc2c[nH]c3ccccc23)ccc1Cl. The molecule has 0 radical (unpaired) electrons. The number of aromatic nitrogens is 2. The summed E-state index contributed by atoms with van der Waals surface area (Å²) in [5.74, 6) is 0.518. The number of H-pyrrole nitrogens is 1. The number of hydrogen-bond donors (Lipinski definition) is 3. The van der Waals surface area contributed by atoms with Crippen molar-refractivity contribution in [3.05, 3.63) is 58.9 Å². The molecule has 3 N–H and O–H groups in total. The van der Waals surface area contributed by atoms with Gasteiger partial charge in [0.15, 0.2) is 5.69 Å². The minimum absolute atomic E-state index is 0.0499. The van der Waals surface area contributed by atoms with E-state index in [1.54, 1.807) is 12.1 Å². The molecule has 0 aliphatic heterocycles. The van der Waals surface area contributed by atoms with Crippen molar-refractivity contribution in [1.82, 2.24) is 9.97 Å². The summed E-state index contributed by atoms with van der Waals surface area (Å²) in [5, 5.41) is 23.2. The molecular weight excluding hydrogens is 312 g/mol. The van der Waals surface area contributed by atoms with E-state index < -0.39 is 0 Å². The fourth-order valence-corrected chi connectivity index (χ4v) is 2.68. The van der Waals surface area contributed by atoms with Crippen molar-refractivity contribution in [2.45, 2.75) is 12.5 Å². The van der Waals surface area contributed by atoms with Crippen molar-refractivity contribution >= 4 is 28.3 Å². The number of hydrogen-bond acceptors (Lipinski definition) is 4. The van der Waals surface area contributed by atoms with E-state index in [4.69, 9.17) is 16.9 Å². The topological polar surface area (TPSA) is 84.7 Å². The molecule has 3 aromatic rings. The molecule has 3 rings (SSSR count). The maximum atomic E-state index is 9.65. The number of benzene rings is 1. The van der Waals surface area contributed by atoms with Crippen LogP contribution in [0.3, 0.4) is 0 Å². The van der Waals surface area contributed by atoms with Gasteiger partial charge in [0.1, 0.15) is 11.9 Å². The lowest BCUT2D eigenvalue weighted by Crippen LogP contribution is -2.26. The van der Waals surface area contributed by atoms with Gasteiger partial charge in [0.2, 0.25) is 0 Å². The van der Waals surface area contributed by atoms with Gasteiger partial charge in [-0.25, -0.2) is 4.98 Å². The molecular formula is C17H15ClN4O. The lowest BCUT2D eigenvalue weighted by atomic mass is 10.1. The van der Waals surface area contributed by atoms with Crippen molar-refractivity contribution in [3.8, 4) is 6.07 Å². The minimum Gasteiger partial charge on any atom is -0.394 e. The number of para-hydroxylation sites is 1. The second-order valence-corrected chi connectivity index (χ2v) is 5.63. The summed E-state index contributed by atoms with van der Waals surface area (Å²) in [4.78, 5) is 7.37. The van der Waals surface area contributed by atoms with Crippen LogP contribution in [-0.2, 0) is 6.42 Å². The Morgan fingerprint density at radius 3 is 2.91 bits per heavy atom. The molecule has 6 heteroatoms. The summed E-state index contributed by atoms with van der Waals surface area (Å²) in [6.07, 6.45) is 2.58. The van der Waals surface area contributed by atoms with Crippen LogP contribution in [0.1, 0.15) is 11.3 Å². The molecule has 5 nitrogen and oxygen atoms in total. The van der Waals surface area contributed by atoms with Crippen LogP contribution in [0.15, 0.2) is 42.6 Å². The molecule has 0 spiro atoms. The van der Waals surface area contributed by atoms with E-state index in [1.165, 1.54) is 0 Å². The van der Waals surface area contributed by atoms with Gasteiger partial charge in [-0.05, 0) is 30.2 Å². The van der Waals surface area contributed by atoms with Gasteiger partial charge in [-0.3, -0.25) is 0 Å². The number of nitriles is 1. The Hall–Kier alpha value is -2.55. The number of aliphatic hydroxyl groups excluding tert-OH is 1. The molecule has 116 valence electrons. The van der Waals surface area contributed by atoms with Gasteiger partial charge < -0.3 is 15.4 Å². The standard InChI is InChI=1S/C17H15ClN4O/c18-14-5-6-17(22-16(14)8-19)21-12(10-23)7-11-9-20-15-4-2-1-3-13(11)15/h1-6,9,12,20,23H,7,10H2,(H,21,22)/t12-/m0/s1. The molecule has 0 saturated carbocycles. The Morgan fingerprint density at radius 2 is 2.13 bits per heavy atom. The van der Waals surface area contributed by atoms with E-state index in [2.05, 4.69) is 15.3 Å². The highest BCUT2D eigenvalue weighted by atomic mass is 35.5. The second-order valence-electron chi connectivity index (χ2n) is 5.23. The average molecular weight is 327 g/mol. The number of aliphatic hydroxyl groups is 1. The van der Waals surface area contributed by atoms with Crippen LogP contribution in [0.5, 0.6) is 0 Å². The van der Waals surface area contributed by atoms with Gasteiger partial charge in [-0.1, -0.05) is 29.8 Å². The number of fused-ring (bicyclic) bond motifs is 1. The van der Waals surface area contributed by atoms with E-state index in [1.807, 2.05) is 36.5 Å². The molecule has 1 aromatic carbocycles. The number of nitrogens with zero attached hydrogens (tertiary/aromatic N) is 2. The Kier molecular flexibility index (Phi) is 4.47. The Labute approximate surface area is 138 Å². The summed E-state index contributed by atoms with van der Waals surface area (Å²) in [6, 6.07) is 13.1. The normalized spacial score (nSPS) is 12.0. The van der Waals surface area contributed by atoms with Crippen molar-refractivity contribution in [2.75, 3.05) is 11.9 Å². The van der Waals surface area contributed by atoms with Crippen LogP contribution >= 0.6 is 11.6 Å². The number of aromatic amines is 1. The second kappa shape index (κ2) is 6.69. The third-order valence-electron chi connectivity index (χ3n) is 3.67. The van der Waals surface area contributed by atoms with Crippen LogP contribution < -0.4 is 5.32 Å². The van der Waals surface area contributed by atoms with Crippen LogP contribution in [0.2, 0.25) is 5.02 Å². The zero-order valence-electron chi connectivity index (χ0n) is 12.3. The molecule has 2 heterocycles. The third kappa shape index (κ3) is 3.29. The van der Waals surface area contributed by atoms with Gasteiger partial charge >= 0.3 is 0 Å². The summed E-state index contributed by atoms with van der Waals surface area (Å²) in [7, 11) is 0. The van der Waals surface area contributed by atoms with Gasteiger partial charge in [0, 0.05) is 17.1 Å². The maximum Gasteiger partial charge on any atom is 0.161 e. The van der Waals surface area contributed by atoms with Gasteiger partial charge in [-0.2, -0.15) is 5.26 Å². The molecule has 0 fully saturated rings. The molecule has 1 atom stereocenters. The summed E-state index contributed by atoms with van der Waals surface area (Å²) < 4.78 is 0. The average Bonchev–Trinajstić information content (AvgIpc) is 2.99. The third-order valence-corrected chi connectivity index (χ3v) is 3.97. The van der Waals surface area contributed by atoms with Crippen molar-refractivity contribution in [1.29, 1.82) is 5.26 Å². The molecule has 0 aliphatic rings. The van der Waals surface area contributed by atoms with Crippen molar-refractivity contribution < 1.29 is 5.11 Å². The molecule has 2 aromatic heterocycles. The quantitative estimate of drug-likeness (QED) is 0.672. The number of pyridine rings is 1. The summed E-state index contributed by atoms with van der Waals surface area (Å²) in [5.41, 5.74) is 2.35. The largest absolute Gasteiger partial charge is 0.394 e. The maximum absolute atomic E-state index is 9.65. The zero-order valence-corrected chi connectivity index (χ0v) is 13.0. The van der Waals surface area contributed by atoms with Gasteiger partial charge in [0.25, 0.3) is 0 Å². The van der Waals surface area contributed by atoms with E-state index in [-0.39, 0.29) is 18.3 Å². The minimum atomic E-state index is -0.213. The van der Waals surface area contributed by atoms with Crippen LogP contribution in [-0.4, -0.2) is 27.7 Å². The van der Waals surface area contributed by atoms with Crippen LogP contribution in [0.25, 0.3) is 10.9 Å². The Balaban J connectivity index is 1.79. The van der Waals surface area contributed by atoms with Gasteiger partial charge in [-0.15, -0.1) is 0 Å². The number of rotatable bonds is 5. The Bertz CT molecular complexity index is 868. The molecule has 0 saturated heterocycles. The molecule has 23 heavy (non-hydrogen) atoms. The highest BCUT2D eigenvalue weighted by Crippen LogP contribution is 2.21. The summed E-state index contributed by atoms with van der Waals surface area (Å²) in [6.45, 7) is -0.0499. The van der Waals surface area contributed by atoms with Crippen molar-refractivity contribution in [3.63, 3.8) is 0 Å². The first-order valence-electron chi connectivity index (χ1n) is 7.20. The highest BCUT2D eigenvalue weighted by molar-refractivity contribution is 6.31. The first kappa shape index (κ1) is 15.3. The smallest absolute Gasteiger partial charge is 0.161 e. The predicted molar refractivity (Wildman–Crippen MR) is 90.5 cm³/mol. The number of nitrogens with one attached hydrogen (secondary N) is 2. The molecule has 0 unspecified atom stereocenters. The van der Waals surface area contributed by atoms with E-state index >= 15 is 0 Å². The monoisotopic (exact) mass is 326 g/mol.